The third-order valence-electron chi connectivity index (χ3n) is 3.75. The molecule has 2 aromatic rings. The van der Waals surface area contributed by atoms with Gasteiger partial charge in [0.2, 0.25) is 0 Å². The molecule has 0 aliphatic heterocycles. The normalized spacial score (nSPS) is 12.1. The van der Waals surface area contributed by atoms with Gasteiger partial charge >= 0.3 is 0 Å². The van der Waals surface area contributed by atoms with Gasteiger partial charge in [0.15, 0.2) is 0 Å². The lowest BCUT2D eigenvalue weighted by atomic mass is 9.95. The van der Waals surface area contributed by atoms with E-state index in [1.165, 1.54) is 30.4 Å². The van der Waals surface area contributed by atoms with E-state index >= 15 is 0 Å². The molecule has 0 bridgehead atoms. The first kappa shape index (κ1) is 14.6. The maximum atomic E-state index is 5.19. The SMILES string of the molecule is COc1ccc(C[C@H](C)CCCc2ccccc2)cc1. The van der Waals surface area contributed by atoms with Crippen molar-refractivity contribution in [1.29, 1.82) is 0 Å². The average Bonchev–Trinajstić information content (AvgIpc) is 2.49. The lowest BCUT2D eigenvalue weighted by molar-refractivity contribution is 0.414. The Labute approximate surface area is 122 Å². The van der Waals surface area contributed by atoms with E-state index in [1.807, 2.05) is 12.1 Å². The van der Waals surface area contributed by atoms with E-state index < -0.39 is 0 Å². The molecular weight excluding hydrogens is 244 g/mol. The number of ether oxygens (including phenoxy) is 1. The molecule has 0 aliphatic carbocycles. The van der Waals surface area contributed by atoms with Gasteiger partial charge < -0.3 is 4.74 Å². The Bertz CT molecular complexity index is 487. The van der Waals surface area contributed by atoms with Crippen LogP contribution in [0, 0.1) is 5.92 Å². The Kier molecular flexibility index (Phi) is 5.67. The van der Waals surface area contributed by atoms with Gasteiger partial charge in [-0.25, -0.2) is 0 Å². The van der Waals surface area contributed by atoms with Crippen molar-refractivity contribution in [2.75, 3.05) is 7.11 Å². The monoisotopic (exact) mass is 268 g/mol. The molecule has 0 radical (unpaired) electrons. The third-order valence-corrected chi connectivity index (χ3v) is 3.75. The van der Waals surface area contributed by atoms with Gasteiger partial charge in [-0.15, -0.1) is 0 Å². The number of aryl methyl sites for hydroxylation is 1. The van der Waals surface area contributed by atoms with E-state index in [2.05, 4.69) is 49.4 Å². The fourth-order valence-corrected chi connectivity index (χ4v) is 2.57. The van der Waals surface area contributed by atoms with E-state index in [0.29, 0.717) is 0 Å². The van der Waals surface area contributed by atoms with Crippen LogP contribution in [0.4, 0.5) is 0 Å². The van der Waals surface area contributed by atoms with Crippen LogP contribution in [-0.4, -0.2) is 7.11 Å². The van der Waals surface area contributed by atoms with Gasteiger partial charge in [-0.3, -0.25) is 0 Å². The Hall–Kier alpha value is -1.76. The molecule has 0 saturated carbocycles. The van der Waals surface area contributed by atoms with Crippen LogP contribution in [-0.2, 0) is 12.8 Å². The molecule has 0 fully saturated rings. The molecule has 0 saturated heterocycles. The highest BCUT2D eigenvalue weighted by atomic mass is 16.5. The first-order chi connectivity index (χ1) is 9.78. The standard InChI is InChI=1S/C19H24O/c1-16(7-6-10-17-8-4-3-5-9-17)15-18-11-13-19(20-2)14-12-18/h3-5,8-9,11-14,16H,6-7,10,15H2,1-2H3/t16-/m1/s1. The zero-order valence-electron chi connectivity index (χ0n) is 12.5. The average molecular weight is 268 g/mol. The van der Waals surface area contributed by atoms with E-state index in [9.17, 15) is 0 Å². The summed E-state index contributed by atoms with van der Waals surface area (Å²) in [5, 5.41) is 0. The number of hydrogen-bond donors (Lipinski definition) is 0. The molecule has 0 aromatic heterocycles. The second-order valence-electron chi connectivity index (χ2n) is 5.54. The fourth-order valence-electron chi connectivity index (χ4n) is 2.57. The van der Waals surface area contributed by atoms with Gasteiger partial charge in [0.1, 0.15) is 5.75 Å². The van der Waals surface area contributed by atoms with Crippen molar-refractivity contribution >= 4 is 0 Å². The van der Waals surface area contributed by atoms with Crippen molar-refractivity contribution < 1.29 is 4.74 Å². The smallest absolute Gasteiger partial charge is 0.118 e. The van der Waals surface area contributed by atoms with Crippen molar-refractivity contribution in [1.82, 2.24) is 0 Å². The van der Waals surface area contributed by atoms with Crippen LogP contribution in [0.1, 0.15) is 30.9 Å². The predicted octanol–water partition coefficient (Wildman–Crippen LogP) is 4.90. The Balaban J connectivity index is 1.73. The molecular formula is C19H24O. The van der Waals surface area contributed by atoms with E-state index in [-0.39, 0.29) is 0 Å². The molecule has 106 valence electrons. The Morgan fingerprint density at radius 3 is 2.25 bits per heavy atom. The van der Waals surface area contributed by atoms with Crippen molar-refractivity contribution in [2.45, 2.75) is 32.6 Å². The van der Waals surface area contributed by atoms with E-state index in [1.54, 1.807) is 7.11 Å². The highest BCUT2D eigenvalue weighted by Crippen LogP contribution is 2.18. The summed E-state index contributed by atoms with van der Waals surface area (Å²) in [7, 11) is 1.71. The number of hydrogen-bond acceptors (Lipinski definition) is 1. The number of rotatable bonds is 7. The third kappa shape index (κ3) is 4.73. The molecule has 0 N–H and O–H groups in total. The minimum Gasteiger partial charge on any atom is -0.497 e. The summed E-state index contributed by atoms with van der Waals surface area (Å²) in [5.74, 6) is 1.66. The first-order valence-corrected chi connectivity index (χ1v) is 7.45. The van der Waals surface area contributed by atoms with Crippen LogP contribution in [0.25, 0.3) is 0 Å². The molecule has 2 aromatic carbocycles. The second-order valence-corrected chi connectivity index (χ2v) is 5.54. The maximum Gasteiger partial charge on any atom is 0.118 e. The molecule has 1 nitrogen and oxygen atoms in total. The zero-order valence-corrected chi connectivity index (χ0v) is 12.5. The van der Waals surface area contributed by atoms with E-state index in [4.69, 9.17) is 4.74 Å². The fraction of sp³-hybridized carbons (Fsp3) is 0.368. The number of benzene rings is 2. The summed E-state index contributed by atoms with van der Waals surface area (Å²) >= 11 is 0. The Morgan fingerprint density at radius 2 is 1.60 bits per heavy atom. The summed E-state index contributed by atoms with van der Waals surface area (Å²) in [4.78, 5) is 0. The molecule has 2 rings (SSSR count). The molecule has 0 heterocycles. The van der Waals surface area contributed by atoms with Crippen LogP contribution < -0.4 is 4.74 Å². The van der Waals surface area contributed by atoms with E-state index in [0.717, 1.165) is 18.1 Å². The zero-order chi connectivity index (χ0) is 14.2. The first-order valence-electron chi connectivity index (χ1n) is 7.45. The summed E-state index contributed by atoms with van der Waals surface area (Å²) in [6.07, 6.45) is 4.88. The molecule has 0 unspecified atom stereocenters. The summed E-state index contributed by atoms with van der Waals surface area (Å²) in [5.41, 5.74) is 2.85. The minimum absolute atomic E-state index is 0.729. The second kappa shape index (κ2) is 7.74. The van der Waals surface area contributed by atoms with Gasteiger partial charge in [0.25, 0.3) is 0 Å². The van der Waals surface area contributed by atoms with Gasteiger partial charge in [-0.1, -0.05) is 55.8 Å². The predicted molar refractivity (Wildman–Crippen MR) is 85.2 cm³/mol. The maximum absolute atomic E-state index is 5.19. The highest BCUT2D eigenvalue weighted by Gasteiger charge is 2.04. The molecule has 1 atom stereocenters. The molecule has 1 heteroatoms. The topological polar surface area (TPSA) is 9.23 Å². The van der Waals surface area contributed by atoms with Crippen molar-refractivity contribution in [3.05, 3.63) is 65.7 Å². The van der Waals surface area contributed by atoms with Gasteiger partial charge in [0, 0.05) is 0 Å². The van der Waals surface area contributed by atoms with Crippen molar-refractivity contribution in [2.24, 2.45) is 5.92 Å². The Morgan fingerprint density at radius 1 is 0.900 bits per heavy atom. The molecule has 0 amide bonds. The van der Waals surface area contributed by atoms with Crippen LogP contribution in [0.2, 0.25) is 0 Å². The highest BCUT2D eigenvalue weighted by molar-refractivity contribution is 5.27. The van der Waals surface area contributed by atoms with Crippen molar-refractivity contribution in [3.63, 3.8) is 0 Å². The molecule has 0 spiro atoms. The van der Waals surface area contributed by atoms with Gasteiger partial charge in [-0.05, 0) is 48.4 Å². The van der Waals surface area contributed by atoms with Gasteiger partial charge in [-0.2, -0.15) is 0 Å². The van der Waals surface area contributed by atoms with Crippen LogP contribution in [0.15, 0.2) is 54.6 Å². The van der Waals surface area contributed by atoms with Crippen LogP contribution in [0.3, 0.4) is 0 Å². The lowest BCUT2D eigenvalue weighted by Gasteiger charge is -2.12. The molecule has 20 heavy (non-hydrogen) atoms. The van der Waals surface area contributed by atoms with Crippen LogP contribution in [0.5, 0.6) is 5.75 Å². The van der Waals surface area contributed by atoms with Gasteiger partial charge in [0.05, 0.1) is 7.11 Å². The summed E-state index contributed by atoms with van der Waals surface area (Å²) < 4.78 is 5.19. The lowest BCUT2D eigenvalue weighted by Crippen LogP contribution is -2.01. The van der Waals surface area contributed by atoms with Crippen LogP contribution >= 0.6 is 0 Å². The molecule has 0 aliphatic rings. The summed E-state index contributed by atoms with van der Waals surface area (Å²) in [6, 6.07) is 19.2. The minimum atomic E-state index is 0.729. The summed E-state index contributed by atoms with van der Waals surface area (Å²) in [6.45, 7) is 2.34. The van der Waals surface area contributed by atoms with Crippen molar-refractivity contribution in [3.8, 4) is 5.75 Å². The largest absolute Gasteiger partial charge is 0.497 e. The quantitative estimate of drug-likeness (QED) is 0.694. The number of methoxy groups -OCH3 is 1.